The third-order valence-corrected chi connectivity index (χ3v) is 2.47. The monoisotopic (exact) mass is 224 g/mol. The third-order valence-electron chi connectivity index (χ3n) is 2.25. The Morgan fingerprint density at radius 2 is 2.40 bits per heavy atom. The van der Waals surface area contributed by atoms with Crippen LogP contribution in [0.4, 0.5) is 0 Å². The van der Waals surface area contributed by atoms with Gasteiger partial charge in [-0.3, -0.25) is 4.99 Å². The fourth-order valence-electron chi connectivity index (χ4n) is 1.42. The molecule has 1 aliphatic heterocycles. The molecule has 3 N–H and O–H groups in total. The summed E-state index contributed by atoms with van der Waals surface area (Å²) in [7, 11) is 0. The lowest BCUT2D eigenvalue weighted by molar-refractivity contribution is 0.622. The number of pyridine rings is 1. The zero-order valence-corrected chi connectivity index (χ0v) is 9.04. The zero-order valence-electron chi connectivity index (χ0n) is 8.28. The van der Waals surface area contributed by atoms with Gasteiger partial charge in [-0.25, -0.2) is 4.98 Å². The van der Waals surface area contributed by atoms with E-state index in [9.17, 15) is 0 Å². The highest BCUT2D eigenvalue weighted by Crippen LogP contribution is 2.06. The van der Waals surface area contributed by atoms with Crippen molar-refractivity contribution in [3.05, 3.63) is 29.0 Å². The standard InChI is InChI=1S/C10H13ClN4/c11-9-2-1-7(4-13-9)3-10-14-5-8(12)6-15-10/h1-2,4,8H,3,5-6,12H2,(H,14,15). The molecule has 0 radical (unpaired) electrons. The summed E-state index contributed by atoms with van der Waals surface area (Å²) < 4.78 is 0. The Morgan fingerprint density at radius 3 is 3.00 bits per heavy atom. The van der Waals surface area contributed by atoms with Crippen LogP contribution in [0.15, 0.2) is 23.3 Å². The molecule has 0 amide bonds. The Kier molecular flexibility index (Phi) is 3.18. The van der Waals surface area contributed by atoms with Crippen molar-refractivity contribution >= 4 is 17.4 Å². The molecule has 15 heavy (non-hydrogen) atoms. The van der Waals surface area contributed by atoms with Crippen LogP contribution < -0.4 is 11.1 Å². The fraction of sp³-hybridized carbons (Fsp3) is 0.400. The molecule has 0 aromatic carbocycles. The lowest BCUT2D eigenvalue weighted by Crippen LogP contribution is -2.44. The average Bonchev–Trinajstić information content (AvgIpc) is 2.25. The first kappa shape index (κ1) is 10.4. The Bertz CT molecular complexity index is 360. The van der Waals surface area contributed by atoms with Gasteiger partial charge in [-0.15, -0.1) is 0 Å². The minimum atomic E-state index is 0.136. The van der Waals surface area contributed by atoms with E-state index in [0.29, 0.717) is 11.7 Å². The largest absolute Gasteiger partial charge is 0.372 e. The van der Waals surface area contributed by atoms with Gasteiger partial charge in [0.2, 0.25) is 0 Å². The van der Waals surface area contributed by atoms with E-state index in [-0.39, 0.29) is 6.04 Å². The van der Waals surface area contributed by atoms with Gasteiger partial charge in [0.1, 0.15) is 11.0 Å². The number of hydrogen-bond donors (Lipinski definition) is 2. The van der Waals surface area contributed by atoms with Crippen LogP contribution in [0.1, 0.15) is 5.56 Å². The molecule has 2 heterocycles. The SMILES string of the molecule is NC1CN=C(Cc2ccc(Cl)nc2)NC1. The van der Waals surface area contributed by atoms with Gasteiger partial charge in [0.05, 0.1) is 6.54 Å². The van der Waals surface area contributed by atoms with E-state index in [2.05, 4.69) is 15.3 Å². The summed E-state index contributed by atoms with van der Waals surface area (Å²) in [5.41, 5.74) is 6.81. The molecule has 1 atom stereocenters. The molecular weight excluding hydrogens is 212 g/mol. The van der Waals surface area contributed by atoms with Gasteiger partial charge < -0.3 is 11.1 Å². The molecule has 0 bridgehead atoms. The summed E-state index contributed by atoms with van der Waals surface area (Å²) in [5.74, 6) is 0.973. The van der Waals surface area contributed by atoms with Crippen LogP contribution in [0, 0.1) is 0 Å². The predicted molar refractivity (Wildman–Crippen MR) is 61.2 cm³/mol. The summed E-state index contributed by atoms with van der Waals surface area (Å²) in [4.78, 5) is 8.37. The molecule has 1 aromatic rings. The molecule has 80 valence electrons. The molecule has 0 fully saturated rings. The number of aliphatic imine (C=N–C) groups is 1. The van der Waals surface area contributed by atoms with Crippen LogP contribution >= 0.6 is 11.6 Å². The van der Waals surface area contributed by atoms with Crippen LogP contribution in [-0.2, 0) is 6.42 Å². The lowest BCUT2D eigenvalue weighted by atomic mass is 10.1. The molecule has 0 spiro atoms. The smallest absolute Gasteiger partial charge is 0.129 e. The van der Waals surface area contributed by atoms with E-state index in [1.54, 1.807) is 12.3 Å². The van der Waals surface area contributed by atoms with Crippen LogP contribution in [0.3, 0.4) is 0 Å². The molecular formula is C10H13ClN4. The van der Waals surface area contributed by atoms with E-state index < -0.39 is 0 Å². The number of halogens is 1. The number of nitrogens with one attached hydrogen (secondary N) is 1. The number of rotatable bonds is 2. The Balaban J connectivity index is 2.00. The van der Waals surface area contributed by atoms with Crippen LogP contribution in [0.5, 0.6) is 0 Å². The maximum absolute atomic E-state index is 5.71. The molecule has 1 unspecified atom stereocenters. The van der Waals surface area contributed by atoms with E-state index in [1.807, 2.05) is 6.07 Å². The van der Waals surface area contributed by atoms with Crippen molar-refractivity contribution in [1.29, 1.82) is 0 Å². The van der Waals surface area contributed by atoms with Crippen molar-refractivity contribution < 1.29 is 0 Å². The highest BCUT2D eigenvalue weighted by Gasteiger charge is 2.10. The number of amidine groups is 1. The second kappa shape index (κ2) is 4.59. The number of hydrogen-bond acceptors (Lipinski definition) is 4. The first-order valence-corrected chi connectivity index (χ1v) is 5.25. The van der Waals surface area contributed by atoms with Crippen molar-refractivity contribution in [2.24, 2.45) is 10.7 Å². The van der Waals surface area contributed by atoms with Gasteiger partial charge in [-0.1, -0.05) is 17.7 Å². The summed E-state index contributed by atoms with van der Waals surface area (Å²) in [6.07, 6.45) is 2.53. The molecule has 0 saturated carbocycles. The highest BCUT2D eigenvalue weighted by molar-refractivity contribution is 6.29. The van der Waals surface area contributed by atoms with E-state index in [0.717, 1.165) is 24.4 Å². The molecule has 0 saturated heterocycles. The molecule has 0 aliphatic carbocycles. The summed E-state index contributed by atoms with van der Waals surface area (Å²) >= 11 is 5.70. The number of aromatic nitrogens is 1. The van der Waals surface area contributed by atoms with Gasteiger partial charge in [0.15, 0.2) is 0 Å². The molecule has 4 nitrogen and oxygen atoms in total. The number of nitrogens with two attached hydrogens (primary N) is 1. The van der Waals surface area contributed by atoms with E-state index in [4.69, 9.17) is 17.3 Å². The third kappa shape index (κ3) is 2.91. The Labute approximate surface area is 93.6 Å². The number of nitrogens with zero attached hydrogens (tertiary/aromatic N) is 2. The Hall–Kier alpha value is -1.13. The van der Waals surface area contributed by atoms with Crippen molar-refractivity contribution in [2.75, 3.05) is 13.1 Å². The fourth-order valence-corrected chi connectivity index (χ4v) is 1.53. The van der Waals surface area contributed by atoms with Crippen LogP contribution in [-0.4, -0.2) is 30.0 Å². The minimum Gasteiger partial charge on any atom is -0.372 e. The maximum atomic E-state index is 5.71. The second-order valence-corrected chi connectivity index (χ2v) is 3.98. The maximum Gasteiger partial charge on any atom is 0.129 e. The van der Waals surface area contributed by atoms with E-state index in [1.165, 1.54) is 0 Å². The first-order chi connectivity index (χ1) is 7.24. The van der Waals surface area contributed by atoms with Crippen LogP contribution in [0.2, 0.25) is 5.15 Å². The highest BCUT2D eigenvalue weighted by atomic mass is 35.5. The molecule has 1 aliphatic rings. The molecule has 5 heteroatoms. The van der Waals surface area contributed by atoms with Crippen molar-refractivity contribution in [1.82, 2.24) is 10.3 Å². The van der Waals surface area contributed by atoms with Crippen molar-refractivity contribution in [3.8, 4) is 0 Å². The van der Waals surface area contributed by atoms with Gasteiger partial charge in [-0.2, -0.15) is 0 Å². The predicted octanol–water partition coefficient (Wildman–Crippen LogP) is 0.606. The van der Waals surface area contributed by atoms with Crippen molar-refractivity contribution in [2.45, 2.75) is 12.5 Å². The topological polar surface area (TPSA) is 63.3 Å². The first-order valence-electron chi connectivity index (χ1n) is 4.87. The van der Waals surface area contributed by atoms with Crippen LogP contribution in [0.25, 0.3) is 0 Å². The van der Waals surface area contributed by atoms with Gasteiger partial charge >= 0.3 is 0 Å². The summed E-state index contributed by atoms with van der Waals surface area (Å²) in [6.45, 7) is 1.49. The van der Waals surface area contributed by atoms with Gasteiger partial charge in [0, 0.05) is 25.2 Å². The molecule has 2 rings (SSSR count). The summed E-state index contributed by atoms with van der Waals surface area (Å²) in [6, 6.07) is 3.87. The van der Waals surface area contributed by atoms with Gasteiger partial charge in [-0.05, 0) is 11.6 Å². The summed E-state index contributed by atoms with van der Waals surface area (Å²) in [5, 5.41) is 3.71. The average molecular weight is 225 g/mol. The normalized spacial score (nSPS) is 20.7. The molecule has 1 aromatic heterocycles. The van der Waals surface area contributed by atoms with E-state index >= 15 is 0 Å². The second-order valence-electron chi connectivity index (χ2n) is 3.59. The van der Waals surface area contributed by atoms with Gasteiger partial charge in [0.25, 0.3) is 0 Å². The quantitative estimate of drug-likeness (QED) is 0.724. The minimum absolute atomic E-state index is 0.136. The zero-order chi connectivity index (χ0) is 10.7. The Morgan fingerprint density at radius 1 is 1.53 bits per heavy atom. The van der Waals surface area contributed by atoms with Crippen molar-refractivity contribution in [3.63, 3.8) is 0 Å². The lowest BCUT2D eigenvalue weighted by Gasteiger charge is -2.19.